The van der Waals surface area contributed by atoms with Crippen LogP contribution in [-0.2, 0) is 0 Å². The molecule has 0 spiro atoms. The van der Waals surface area contributed by atoms with Crippen molar-refractivity contribution in [1.82, 2.24) is 4.90 Å². The van der Waals surface area contributed by atoms with Crippen molar-refractivity contribution in [3.8, 4) is 5.75 Å². The Balaban J connectivity index is 0.00000264. The maximum absolute atomic E-state index is 10.6. The van der Waals surface area contributed by atoms with Gasteiger partial charge in [-0.25, -0.2) is 0 Å². The molecule has 0 radical (unpaired) electrons. The second kappa shape index (κ2) is 9.05. The van der Waals surface area contributed by atoms with Crippen molar-refractivity contribution < 1.29 is 14.8 Å². The molecule has 1 saturated heterocycles. The van der Waals surface area contributed by atoms with Crippen LogP contribution in [0.1, 0.15) is 20.3 Å². The molecule has 23 heavy (non-hydrogen) atoms. The van der Waals surface area contributed by atoms with E-state index in [1.54, 1.807) is 12.1 Å². The predicted octanol–water partition coefficient (Wildman–Crippen LogP) is 2.73. The average molecular weight is 345 g/mol. The van der Waals surface area contributed by atoms with E-state index in [1.807, 2.05) is 0 Å². The highest BCUT2D eigenvalue weighted by atomic mass is 35.5. The molecule has 1 N–H and O–H groups in total. The molecular formula is C16H25ClN2O4. The summed E-state index contributed by atoms with van der Waals surface area (Å²) in [5, 5.41) is 20.7. The van der Waals surface area contributed by atoms with Crippen LogP contribution in [0, 0.1) is 22.0 Å². The molecule has 1 aliphatic rings. The number of nitro benzene ring substituents is 1. The minimum atomic E-state index is -0.562. The highest BCUT2D eigenvalue weighted by molar-refractivity contribution is 5.85. The first-order valence-electron chi connectivity index (χ1n) is 7.71. The number of halogens is 1. The van der Waals surface area contributed by atoms with Crippen LogP contribution in [0.5, 0.6) is 5.75 Å². The number of likely N-dealkylation sites (tertiary alicyclic amines) is 1. The summed E-state index contributed by atoms with van der Waals surface area (Å²) in [5.74, 6) is 1.85. The molecule has 1 aromatic carbocycles. The molecule has 2 rings (SSSR count). The van der Waals surface area contributed by atoms with Crippen molar-refractivity contribution >= 4 is 18.1 Å². The summed E-state index contributed by atoms with van der Waals surface area (Å²) in [4.78, 5) is 12.4. The number of nitrogens with zero attached hydrogens (tertiary/aromatic N) is 2. The number of hydrogen-bond acceptors (Lipinski definition) is 5. The van der Waals surface area contributed by atoms with E-state index in [-0.39, 0.29) is 24.7 Å². The van der Waals surface area contributed by atoms with E-state index in [0.29, 0.717) is 24.1 Å². The zero-order valence-corrected chi connectivity index (χ0v) is 14.4. The molecule has 0 saturated carbocycles. The van der Waals surface area contributed by atoms with Crippen molar-refractivity contribution in [1.29, 1.82) is 0 Å². The largest absolute Gasteiger partial charge is 0.491 e. The fourth-order valence-electron chi connectivity index (χ4n) is 3.15. The van der Waals surface area contributed by atoms with E-state index in [1.165, 1.54) is 18.6 Å². The summed E-state index contributed by atoms with van der Waals surface area (Å²) < 4.78 is 5.50. The number of benzene rings is 1. The van der Waals surface area contributed by atoms with Crippen LogP contribution >= 0.6 is 12.4 Å². The number of non-ortho nitro benzene ring substituents is 1. The summed E-state index contributed by atoms with van der Waals surface area (Å²) in [6.45, 7) is 7.29. The van der Waals surface area contributed by atoms with Gasteiger partial charge in [-0.2, -0.15) is 0 Å². The lowest BCUT2D eigenvalue weighted by Crippen LogP contribution is -2.43. The standard InChI is InChI=1S/C16H24N2O4.ClH/c1-12-7-13(2)9-17(8-12)10-15(19)11-22-16-5-3-14(4-6-16)18(20)21;/h3-6,12-13,15,19H,7-11H2,1-2H3;1H. The Morgan fingerprint density at radius 1 is 1.30 bits per heavy atom. The predicted molar refractivity (Wildman–Crippen MR) is 91.2 cm³/mol. The van der Waals surface area contributed by atoms with E-state index >= 15 is 0 Å². The minimum absolute atomic E-state index is 0. The number of aliphatic hydroxyl groups excluding tert-OH is 1. The van der Waals surface area contributed by atoms with Gasteiger partial charge in [0.15, 0.2) is 0 Å². The average Bonchev–Trinajstić information content (AvgIpc) is 2.44. The van der Waals surface area contributed by atoms with Crippen molar-refractivity contribution in [2.75, 3.05) is 26.2 Å². The van der Waals surface area contributed by atoms with E-state index < -0.39 is 11.0 Å². The first-order valence-corrected chi connectivity index (χ1v) is 7.71. The third-order valence-corrected chi connectivity index (χ3v) is 3.90. The number of nitro groups is 1. The summed E-state index contributed by atoms with van der Waals surface area (Å²) >= 11 is 0. The summed E-state index contributed by atoms with van der Waals surface area (Å²) in [5.41, 5.74) is 0.0317. The lowest BCUT2D eigenvalue weighted by atomic mass is 9.92. The van der Waals surface area contributed by atoms with Gasteiger partial charge in [0.05, 0.1) is 4.92 Å². The monoisotopic (exact) mass is 344 g/mol. The maximum Gasteiger partial charge on any atom is 0.269 e. The van der Waals surface area contributed by atoms with E-state index in [4.69, 9.17) is 4.74 Å². The molecule has 0 aromatic heterocycles. The minimum Gasteiger partial charge on any atom is -0.491 e. The Kier molecular flexibility index (Phi) is 7.75. The highest BCUT2D eigenvalue weighted by Gasteiger charge is 2.23. The van der Waals surface area contributed by atoms with Crippen LogP contribution in [0.3, 0.4) is 0 Å². The van der Waals surface area contributed by atoms with Gasteiger partial charge in [0.1, 0.15) is 18.5 Å². The molecule has 3 atom stereocenters. The molecule has 1 fully saturated rings. The molecule has 0 amide bonds. The number of aliphatic hydroxyl groups is 1. The topological polar surface area (TPSA) is 75.8 Å². The van der Waals surface area contributed by atoms with Gasteiger partial charge in [-0.15, -0.1) is 12.4 Å². The van der Waals surface area contributed by atoms with Gasteiger partial charge in [-0.3, -0.25) is 10.1 Å². The number of hydrogen-bond donors (Lipinski definition) is 1. The van der Waals surface area contributed by atoms with Crippen molar-refractivity contribution in [2.45, 2.75) is 26.4 Å². The van der Waals surface area contributed by atoms with Crippen LogP contribution in [-0.4, -0.2) is 47.3 Å². The Hall–Kier alpha value is -1.37. The molecule has 7 heteroatoms. The first kappa shape index (κ1) is 19.7. The van der Waals surface area contributed by atoms with E-state index in [0.717, 1.165) is 13.1 Å². The third kappa shape index (κ3) is 6.33. The van der Waals surface area contributed by atoms with E-state index in [9.17, 15) is 15.2 Å². The second-order valence-electron chi connectivity index (χ2n) is 6.38. The lowest BCUT2D eigenvalue weighted by molar-refractivity contribution is -0.384. The number of β-amino-alcohol motifs (C(OH)–C–C–N with tert-alkyl or cyclic N) is 1. The fourth-order valence-corrected chi connectivity index (χ4v) is 3.15. The van der Waals surface area contributed by atoms with Gasteiger partial charge in [-0.1, -0.05) is 13.8 Å². The maximum atomic E-state index is 10.6. The third-order valence-electron chi connectivity index (χ3n) is 3.90. The second-order valence-corrected chi connectivity index (χ2v) is 6.38. The zero-order chi connectivity index (χ0) is 16.1. The van der Waals surface area contributed by atoms with Crippen LogP contribution in [0.25, 0.3) is 0 Å². The summed E-state index contributed by atoms with van der Waals surface area (Å²) in [7, 11) is 0. The quantitative estimate of drug-likeness (QED) is 0.634. The van der Waals surface area contributed by atoms with Gasteiger partial charge < -0.3 is 14.7 Å². The molecule has 0 aliphatic carbocycles. The molecule has 1 aromatic rings. The molecule has 3 unspecified atom stereocenters. The molecular weight excluding hydrogens is 320 g/mol. The van der Waals surface area contributed by atoms with Gasteiger partial charge in [0.2, 0.25) is 0 Å². The molecule has 1 aliphatic heterocycles. The van der Waals surface area contributed by atoms with Gasteiger partial charge in [-0.05, 0) is 30.4 Å². The first-order chi connectivity index (χ1) is 10.4. The molecule has 130 valence electrons. The van der Waals surface area contributed by atoms with Crippen molar-refractivity contribution in [3.63, 3.8) is 0 Å². The van der Waals surface area contributed by atoms with Gasteiger partial charge in [0.25, 0.3) is 5.69 Å². The molecule has 0 bridgehead atoms. The van der Waals surface area contributed by atoms with Crippen LogP contribution in [0.4, 0.5) is 5.69 Å². The molecule has 6 nitrogen and oxygen atoms in total. The SMILES string of the molecule is CC1CC(C)CN(CC(O)COc2ccc([N+](=O)[O-])cc2)C1.Cl. The van der Waals surface area contributed by atoms with Crippen molar-refractivity contribution in [3.05, 3.63) is 34.4 Å². The zero-order valence-electron chi connectivity index (χ0n) is 13.6. The van der Waals surface area contributed by atoms with Gasteiger partial charge >= 0.3 is 0 Å². The number of piperidine rings is 1. The lowest BCUT2D eigenvalue weighted by Gasteiger charge is -2.35. The van der Waals surface area contributed by atoms with Crippen LogP contribution in [0.15, 0.2) is 24.3 Å². The Morgan fingerprint density at radius 2 is 1.87 bits per heavy atom. The Bertz CT molecular complexity index is 487. The summed E-state index contributed by atoms with van der Waals surface area (Å²) in [6, 6.07) is 5.90. The van der Waals surface area contributed by atoms with Crippen molar-refractivity contribution in [2.24, 2.45) is 11.8 Å². The summed E-state index contributed by atoms with van der Waals surface area (Å²) in [6.07, 6.45) is 0.680. The van der Waals surface area contributed by atoms with Crippen LogP contribution in [0.2, 0.25) is 0 Å². The Labute approximate surface area is 143 Å². The Morgan fingerprint density at radius 3 is 2.39 bits per heavy atom. The number of ether oxygens (including phenoxy) is 1. The smallest absolute Gasteiger partial charge is 0.269 e. The van der Waals surface area contributed by atoms with Gasteiger partial charge in [0, 0.05) is 31.8 Å². The fraction of sp³-hybridized carbons (Fsp3) is 0.625. The number of rotatable bonds is 6. The normalized spacial score (nSPS) is 22.9. The van der Waals surface area contributed by atoms with E-state index in [2.05, 4.69) is 18.7 Å². The molecule has 1 heterocycles. The van der Waals surface area contributed by atoms with Crippen LogP contribution < -0.4 is 4.74 Å². The highest BCUT2D eigenvalue weighted by Crippen LogP contribution is 2.21.